The minimum absolute atomic E-state index is 0.00433. The molecule has 0 aromatic heterocycles. The summed E-state index contributed by atoms with van der Waals surface area (Å²) in [7, 11) is 0. The molecule has 2 aliphatic rings. The van der Waals surface area contributed by atoms with E-state index in [0.29, 0.717) is 28.0 Å². The molecule has 0 atom stereocenters. The number of aromatic hydroxyl groups is 1. The first kappa shape index (κ1) is 17.3. The van der Waals surface area contributed by atoms with E-state index in [1.165, 1.54) is 0 Å². The molecule has 0 bridgehead atoms. The van der Waals surface area contributed by atoms with Gasteiger partial charge in [0.15, 0.2) is 5.43 Å². The average molecular weight is 358 g/mol. The SMILES string of the molecule is Cc1ccccc1-c1c2cc(C)c(=O)c(C)c-2oc2c(C)c(O)c(C)cc12. The zero-order valence-electron chi connectivity index (χ0n) is 16.2. The second-order valence-corrected chi connectivity index (χ2v) is 7.36. The summed E-state index contributed by atoms with van der Waals surface area (Å²) in [6.45, 7) is 9.47. The summed E-state index contributed by atoms with van der Waals surface area (Å²) >= 11 is 0. The fourth-order valence-electron chi connectivity index (χ4n) is 3.93. The summed E-state index contributed by atoms with van der Waals surface area (Å²) in [4.78, 5) is 12.5. The van der Waals surface area contributed by atoms with E-state index >= 15 is 0 Å². The van der Waals surface area contributed by atoms with Crippen molar-refractivity contribution in [3.05, 3.63) is 74.4 Å². The third kappa shape index (κ3) is 2.46. The molecular formula is C24H22O3. The zero-order chi connectivity index (χ0) is 19.5. The first-order chi connectivity index (χ1) is 12.8. The molecule has 1 heterocycles. The third-order valence-corrected chi connectivity index (χ3v) is 5.48. The van der Waals surface area contributed by atoms with Crippen LogP contribution in [0.25, 0.3) is 33.4 Å². The molecule has 0 saturated heterocycles. The van der Waals surface area contributed by atoms with Gasteiger partial charge < -0.3 is 9.52 Å². The second kappa shape index (κ2) is 5.98. The Labute approximate surface area is 158 Å². The lowest BCUT2D eigenvalue weighted by molar-refractivity contribution is 0.465. The van der Waals surface area contributed by atoms with E-state index in [4.69, 9.17) is 4.42 Å². The average Bonchev–Trinajstić information content (AvgIpc) is 2.64. The highest BCUT2D eigenvalue weighted by atomic mass is 16.3. The molecule has 136 valence electrons. The van der Waals surface area contributed by atoms with Crippen molar-refractivity contribution in [1.82, 2.24) is 0 Å². The first-order valence-corrected chi connectivity index (χ1v) is 9.07. The fraction of sp³-hybridized carbons (Fsp3) is 0.208. The molecule has 0 saturated carbocycles. The lowest BCUT2D eigenvalue weighted by Gasteiger charge is -2.20. The summed E-state index contributed by atoms with van der Waals surface area (Å²) in [5, 5.41) is 11.4. The van der Waals surface area contributed by atoms with Crippen LogP contribution in [-0.4, -0.2) is 5.11 Å². The van der Waals surface area contributed by atoms with Crippen molar-refractivity contribution in [2.75, 3.05) is 0 Å². The molecule has 1 N–H and O–H groups in total. The predicted octanol–water partition coefficient (Wildman–Crippen LogP) is 5.81. The molecular weight excluding hydrogens is 336 g/mol. The monoisotopic (exact) mass is 358 g/mol. The van der Waals surface area contributed by atoms with Crippen molar-refractivity contribution in [3.63, 3.8) is 0 Å². The van der Waals surface area contributed by atoms with Crippen LogP contribution in [0.5, 0.6) is 5.75 Å². The van der Waals surface area contributed by atoms with Gasteiger partial charge in [-0.1, -0.05) is 24.3 Å². The van der Waals surface area contributed by atoms with Gasteiger partial charge in [-0.15, -0.1) is 0 Å². The van der Waals surface area contributed by atoms with Crippen molar-refractivity contribution in [2.45, 2.75) is 34.6 Å². The number of hydrogen-bond donors (Lipinski definition) is 1. The van der Waals surface area contributed by atoms with Gasteiger partial charge in [-0.3, -0.25) is 4.79 Å². The Balaban J connectivity index is 2.34. The molecule has 0 amide bonds. The molecule has 4 rings (SSSR count). The topological polar surface area (TPSA) is 50.4 Å². The number of fused-ring (bicyclic) bond motifs is 2. The van der Waals surface area contributed by atoms with E-state index in [9.17, 15) is 9.90 Å². The van der Waals surface area contributed by atoms with Gasteiger partial charge in [0.25, 0.3) is 0 Å². The minimum Gasteiger partial charge on any atom is -0.507 e. The van der Waals surface area contributed by atoms with E-state index < -0.39 is 0 Å². The third-order valence-electron chi connectivity index (χ3n) is 5.48. The molecule has 27 heavy (non-hydrogen) atoms. The molecule has 0 fully saturated rings. The summed E-state index contributed by atoms with van der Waals surface area (Å²) in [5.74, 6) is 0.816. The molecule has 2 aromatic carbocycles. The first-order valence-electron chi connectivity index (χ1n) is 9.07. The molecule has 0 spiro atoms. The molecule has 0 radical (unpaired) electrons. The van der Waals surface area contributed by atoms with Crippen LogP contribution in [0.1, 0.15) is 27.8 Å². The summed E-state index contributed by atoms with van der Waals surface area (Å²) < 4.78 is 6.22. The van der Waals surface area contributed by atoms with Crippen molar-refractivity contribution in [2.24, 2.45) is 0 Å². The second-order valence-electron chi connectivity index (χ2n) is 7.36. The number of rotatable bonds is 1. The molecule has 3 heteroatoms. The van der Waals surface area contributed by atoms with Gasteiger partial charge in [-0.2, -0.15) is 0 Å². The van der Waals surface area contributed by atoms with E-state index in [1.54, 1.807) is 6.92 Å². The minimum atomic E-state index is -0.00433. The number of phenolic OH excluding ortho intramolecular Hbond substituents is 1. The van der Waals surface area contributed by atoms with Gasteiger partial charge in [-0.05, 0) is 69.0 Å². The molecule has 1 aliphatic heterocycles. The van der Waals surface area contributed by atoms with Crippen LogP contribution in [0.3, 0.4) is 0 Å². The van der Waals surface area contributed by atoms with E-state index in [2.05, 4.69) is 19.1 Å². The molecule has 0 unspecified atom stereocenters. The van der Waals surface area contributed by atoms with E-state index in [0.717, 1.165) is 33.2 Å². The highest BCUT2D eigenvalue weighted by molar-refractivity contribution is 6.04. The molecule has 3 nitrogen and oxygen atoms in total. The van der Waals surface area contributed by atoms with Gasteiger partial charge >= 0.3 is 0 Å². The summed E-state index contributed by atoms with van der Waals surface area (Å²) in [5.41, 5.74) is 7.63. The normalized spacial score (nSPS) is 11.4. The largest absolute Gasteiger partial charge is 0.507 e. The maximum Gasteiger partial charge on any atom is 0.188 e. The van der Waals surface area contributed by atoms with Crippen LogP contribution in [0, 0.1) is 34.6 Å². The summed E-state index contributed by atoms with van der Waals surface area (Å²) in [6.07, 6.45) is 0. The van der Waals surface area contributed by atoms with Gasteiger partial charge in [0.1, 0.15) is 17.1 Å². The zero-order valence-corrected chi connectivity index (χ0v) is 16.2. The predicted molar refractivity (Wildman–Crippen MR) is 110 cm³/mol. The summed E-state index contributed by atoms with van der Waals surface area (Å²) in [6, 6.07) is 12.1. The fourth-order valence-corrected chi connectivity index (χ4v) is 3.93. The lowest BCUT2D eigenvalue weighted by Crippen LogP contribution is -2.11. The van der Waals surface area contributed by atoms with Crippen LogP contribution < -0.4 is 5.43 Å². The van der Waals surface area contributed by atoms with Gasteiger partial charge in [0.05, 0.1) is 0 Å². The maximum atomic E-state index is 12.5. The Bertz CT molecular complexity index is 1250. The van der Waals surface area contributed by atoms with Crippen molar-refractivity contribution >= 4 is 11.0 Å². The van der Waals surface area contributed by atoms with Gasteiger partial charge in [0.2, 0.25) is 0 Å². The number of hydrogen-bond acceptors (Lipinski definition) is 3. The smallest absolute Gasteiger partial charge is 0.188 e. The van der Waals surface area contributed by atoms with Crippen LogP contribution in [0.2, 0.25) is 0 Å². The highest BCUT2D eigenvalue weighted by Gasteiger charge is 2.24. The van der Waals surface area contributed by atoms with Crippen molar-refractivity contribution in [3.8, 4) is 28.2 Å². The highest BCUT2D eigenvalue weighted by Crippen LogP contribution is 2.45. The van der Waals surface area contributed by atoms with Crippen LogP contribution in [-0.2, 0) is 0 Å². The Morgan fingerprint density at radius 3 is 2.22 bits per heavy atom. The molecule has 2 aromatic rings. The van der Waals surface area contributed by atoms with Crippen LogP contribution in [0.15, 0.2) is 45.6 Å². The van der Waals surface area contributed by atoms with E-state index in [-0.39, 0.29) is 11.2 Å². The Hall–Kier alpha value is -3.07. The molecule has 1 aliphatic carbocycles. The Morgan fingerprint density at radius 1 is 0.815 bits per heavy atom. The standard InChI is InChI=1S/C24H22O3/c1-12-8-6-7-9-17(12)20-18-10-13(2)21(25)15(4)23(18)27-24-16(5)22(26)14(3)11-19(20)24/h6-11,25H,1-5H3. The van der Waals surface area contributed by atoms with E-state index in [1.807, 2.05) is 45.0 Å². The van der Waals surface area contributed by atoms with Crippen molar-refractivity contribution in [1.29, 1.82) is 0 Å². The van der Waals surface area contributed by atoms with Gasteiger partial charge in [0, 0.05) is 27.6 Å². The maximum absolute atomic E-state index is 12.5. The number of phenols is 1. The Kier molecular flexibility index (Phi) is 3.84. The van der Waals surface area contributed by atoms with Crippen LogP contribution in [0.4, 0.5) is 0 Å². The Morgan fingerprint density at radius 2 is 1.52 bits per heavy atom. The lowest BCUT2D eigenvalue weighted by atomic mass is 9.87. The van der Waals surface area contributed by atoms with Gasteiger partial charge in [-0.25, -0.2) is 0 Å². The number of aryl methyl sites for hydroxylation is 4. The van der Waals surface area contributed by atoms with Crippen LogP contribution >= 0.6 is 0 Å². The quantitative estimate of drug-likeness (QED) is 0.437. The number of benzene rings is 3. The van der Waals surface area contributed by atoms with Crippen molar-refractivity contribution < 1.29 is 9.52 Å².